The minimum absolute atomic E-state index is 0.0345. The predicted octanol–water partition coefficient (Wildman–Crippen LogP) is 0.220. The average molecular weight is 368 g/mol. The second-order valence-electron chi connectivity index (χ2n) is 5.73. The molecular formula is C16H12N6O5. The molecule has 0 saturated heterocycles. The molecule has 0 radical (unpaired) electrons. The third-order valence-electron chi connectivity index (χ3n) is 4.04. The molecule has 0 spiro atoms. The zero-order valence-electron chi connectivity index (χ0n) is 13.9. The van der Waals surface area contributed by atoms with Gasteiger partial charge in [-0.15, -0.1) is 0 Å². The van der Waals surface area contributed by atoms with Crippen LogP contribution in [-0.4, -0.2) is 40.3 Å². The van der Waals surface area contributed by atoms with Crippen molar-refractivity contribution in [3.8, 4) is 11.5 Å². The topological polar surface area (TPSA) is 149 Å². The lowest BCUT2D eigenvalue weighted by molar-refractivity contribution is 0.0697. The van der Waals surface area contributed by atoms with Crippen molar-refractivity contribution in [3.63, 3.8) is 0 Å². The van der Waals surface area contributed by atoms with E-state index in [4.69, 9.17) is 4.52 Å². The Balaban J connectivity index is 1.74. The maximum Gasteiger partial charge on any atom is 0.336 e. The number of carboxylic acid groups (broad SMARTS) is 1. The monoisotopic (exact) mass is 368 g/mol. The highest BCUT2D eigenvalue weighted by Crippen LogP contribution is 2.22. The van der Waals surface area contributed by atoms with Crippen molar-refractivity contribution in [3.05, 3.63) is 62.8 Å². The number of fused-ring (bicyclic) bond motifs is 1. The van der Waals surface area contributed by atoms with Gasteiger partial charge in [-0.25, -0.2) is 14.6 Å². The van der Waals surface area contributed by atoms with Crippen LogP contribution < -0.4 is 11.2 Å². The van der Waals surface area contributed by atoms with Crippen molar-refractivity contribution >= 4 is 17.1 Å². The zero-order valence-corrected chi connectivity index (χ0v) is 13.9. The normalized spacial score (nSPS) is 11.1. The van der Waals surface area contributed by atoms with Gasteiger partial charge in [-0.3, -0.25) is 14.3 Å². The summed E-state index contributed by atoms with van der Waals surface area (Å²) in [6.07, 6.45) is 1.39. The van der Waals surface area contributed by atoms with Crippen molar-refractivity contribution in [1.29, 1.82) is 0 Å². The van der Waals surface area contributed by atoms with Crippen LogP contribution in [0.3, 0.4) is 0 Å². The second-order valence-corrected chi connectivity index (χ2v) is 5.73. The predicted molar refractivity (Wildman–Crippen MR) is 91.4 cm³/mol. The number of benzene rings is 1. The van der Waals surface area contributed by atoms with Gasteiger partial charge in [-0.2, -0.15) is 4.98 Å². The standard InChI is InChI=1S/C16H12N6O5/c1-21-12-11(13(23)19-16(21)26)22(7-17-12)6-10-18-14(27-20-10)8-4-2-3-5-9(8)15(24)25/h2-5,7H,6H2,1H3,(H,24,25)(H,19,23,26). The van der Waals surface area contributed by atoms with Gasteiger partial charge in [0.15, 0.2) is 17.0 Å². The number of hydrogen-bond acceptors (Lipinski definition) is 7. The molecule has 11 heteroatoms. The maximum atomic E-state index is 12.1. The number of rotatable bonds is 4. The Kier molecular flexibility index (Phi) is 3.69. The molecule has 136 valence electrons. The van der Waals surface area contributed by atoms with Gasteiger partial charge >= 0.3 is 11.7 Å². The molecule has 4 aromatic rings. The lowest BCUT2D eigenvalue weighted by Gasteiger charge is -2.01. The van der Waals surface area contributed by atoms with E-state index in [1.807, 2.05) is 0 Å². The molecule has 0 aliphatic rings. The molecule has 3 heterocycles. The van der Waals surface area contributed by atoms with Gasteiger partial charge in [0.1, 0.15) is 0 Å². The summed E-state index contributed by atoms with van der Waals surface area (Å²) in [5.74, 6) is -0.843. The maximum absolute atomic E-state index is 12.1. The van der Waals surface area contributed by atoms with Crippen LogP contribution in [0, 0.1) is 0 Å². The van der Waals surface area contributed by atoms with E-state index in [1.54, 1.807) is 18.2 Å². The number of aromatic carboxylic acids is 1. The van der Waals surface area contributed by atoms with Crippen LogP contribution in [0.5, 0.6) is 0 Å². The van der Waals surface area contributed by atoms with Crippen molar-refractivity contribution in [1.82, 2.24) is 29.2 Å². The van der Waals surface area contributed by atoms with Gasteiger partial charge in [0.05, 0.1) is 24.0 Å². The van der Waals surface area contributed by atoms with E-state index in [-0.39, 0.29) is 35.0 Å². The first-order valence-corrected chi connectivity index (χ1v) is 7.75. The van der Waals surface area contributed by atoms with Gasteiger partial charge in [-0.1, -0.05) is 17.3 Å². The summed E-state index contributed by atoms with van der Waals surface area (Å²) >= 11 is 0. The minimum atomic E-state index is -1.11. The number of carbonyl (C=O) groups is 1. The average Bonchev–Trinajstić information content (AvgIpc) is 3.28. The lowest BCUT2D eigenvalue weighted by atomic mass is 10.1. The number of carboxylic acids is 1. The van der Waals surface area contributed by atoms with Crippen LogP contribution in [0.25, 0.3) is 22.6 Å². The molecular weight excluding hydrogens is 356 g/mol. The number of nitrogens with zero attached hydrogens (tertiary/aromatic N) is 5. The fourth-order valence-electron chi connectivity index (χ4n) is 2.74. The summed E-state index contributed by atoms with van der Waals surface area (Å²) in [7, 11) is 1.49. The molecule has 0 aliphatic heterocycles. The zero-order chi connectivity index (χ0) is 19.1. The number of hydrogen-bond donors (Lipinski definition) is 2. The molecule has 0 atom stereocenters. The van der Waals surface area contributed by atoms with E-state index >= 15 is 0 Å². The van der Waals surface area contributed by atoms with Crippen LogP contribution in [0.15, 0.2) is 44.7 Å². The van der Waals surface area contributed by atoms with E-state index in [1.165, 1.54) is 28.6 Å². The van der Waals surface area contributed by atoms with E-state index in [0.717, 1.165) is 0 Å². The largest absolute Gasteiger partial charge is 0.478 e. The Morgan fingerprint density at radius 3 is 2.85 bits per heavy atom. The summed E-state index contributed by atoms with van der Waals surface area (Å²) in [4.78, 5) is 45.6. The molecule has 0 amide bonds. The van der Waals surface area contributed by atoms with Crippen molar-refractivity contribution in [2.45, 2.75) is 6.54 Å². The van der Waals surface area contributed by atoms with Gasteiger partial charge in [0.2, 0.25) is 0 Å². The van der Waals surface area contributed by atoms with E-state index in [2.05, 4.69) is 20.1 Å². The Morgan fingerprint density at radius 2 is 2.07 bits per heavy atom. The van der Waals surface area contributed by atoms with E-state index in [0.29, 0.717) is 5.56 Å². The van der Waals surface area contributed by atoms with Gasteiger partial charge < -0.3 is 14.2 Å². The molecule has 11 nitrogen and oxygen atoms in total. The van der Waals surface area contributed by atoms with E-state index in [9.17, 15) is 19.5 Å². The van der Waals surface area contributed by atoms with Gasteiger partial charge in [0.25, 0.3) is 11.4 Å². The molecule has 0 saturated carbocycles. The number of aryl methyl sites for hydroxylation is 1. The molecule has 3 aromatic heterocycles. The number of imidazole rings is 1. The molecule has 0 unspecified atom stereocenters. The third-order valence-corrected chi connectivity index (χ3v) is 4.04. The quantitative estimate of drug-likeness (QED) is 0.519. The lowest BCUT2D eigenvalue weighted by Crippen LogP contribution is -2.29. The molecule has 4 rings (SSSR count). The highest BCUT2D eigenvalue weighted by Gasteiger charge is 2.18. The third kappa shape index (κ3) is 2.70. The number of H-pyrrole nitrogens is 1. The summed E-state index contributed by atoms with van der Waals surface area (Å²) < 4.78 is 7.87. The number of aromatic amines is 1. The fraction of sp³-hybridized carbons (Fsp3) is 0.125. The molecule has 1 aromatic carbocycles. The van der Waals surface area contributed by atoms with Crippen LogP contribution in [0.1, 0.15) is 16.2 Å². The summed E-state index contributed by atoms with van der Waals surface area (Å²) in [6.45, 7) is 0.0521. The van der Waals surface area contributed by atoms with E-state index < -0.39 is 17.2 Å². The fourth-order valence-corrected chi connectivity index (χ4v) is 2.74. The van der Waals surface area contributed by atoms with Crippen molar-refractivity contribution in [2.24, 2.45) is 7.05 Å². The molecule has 0 aliphatic carbocycles. The number of nitrogens with one attached hydrogen (secondary N) is 1. The first-order valence-electron chi connectivity index (χ1n) is 7.75. The summed E-state index contributed by atoms with van der Waals surface area (Å²) in [5, 5.41) is 13.1. The number of aromatic nitrogens is 6. The molecule has 0 fully saturated rings. The van der Waals surface area contributed by atoms with Crippen LogP contribution in [-0.2, 0) is 13.6 Å². The molecule has 27 heavy (non-hydrogen) atoms. The first kappa shape index (κ1) is 16.4. The van der Waals surface area contributed by atoms with Gasteiger partial charge in [-0.05, 0) is 12.1 Å². The van der Waals surface area contributed by atoms with Gasteiger partial charge in [0, 0.05) is 7.05 Å². The van der Waals surface area contributed by atoms with Crippen LogP contribution in [0.4, 0.5) is 0 Å². The Bertz CT molecular complexity index is 1290. The minimum Gasteiger partial charge on any atom is -0.478 e. The van der Waals surface area contributed by atoms with Crippen molar-refractivity contribution < 1.29 is 14.4 Å². The Hall–Kier alpha value is -4.02. The van der Waals surface area contributed by atoms with Crippen LogP contribution in [0.2, 0.25) is 0 Å². The second kappa shape index (κ2) is 6.05. The highest BCUT2D eigenvalue weighted by molar-refractivity contribution is 5.94. The Morgan fingerprint density at radius 1 is 1.30 bits per heavy atom. The molecule has 2 N–H and O–H groups in total. The molecule has 0 bridgehead atoms. The highest BCUT2D eigenvalue weighted by atomic mass is 16.5. The van der Waals surface area contributed by atoms with Crippen LogP contribution >= 0.6 is 0 Å². The van der Waals surface area contributed by atoms with Crippen molar-refractivity contribution in [2.75, 3.05) is 0 Å². The summed E-state index contributed by atoms with van der Waals surface area (Å²) in [6, 6.07) is 6.26. The SMILES string of the molecule is Cn1c(=O)[nH]c(=O)c2c1ncn2Cc1noc(-c2ccccc2C(=O)O)n1. The smallest absolute Gasteiger partial charge is 0.336 e. The summed E-state index contributed by atoms with van der Waals surface area (Å²) in [5.41, 5.74) is -0.403. The first-order chi connectivity index (χ1) is 13.0. The Labute approximate surface area is 149 Å².